The van der Waals surface area contributed by atoms with Crippen molar-refractivity contribution >= 4 is 58.2 Å². The average Bonchev–Trinajstić information content (AvgIpc) is 3.93. The number of carbonyl (C=O) groups is 8. The highest BCUT2D eigenvalue weighted by molar-refractivity contribution is 6.12. The van der Waals surface area contributed by atoms with Crippen LogP contribution < -0.4 is 37.5 Å². The number of unbranched alkanes of at least 4 members (excludes halogenated alkanes) is 2. The summed E-state index contributed by atoms with van der Waals surface area (Å²) in [5.74, 6) is -4.55. The smallest absolute Gasteiger partial charge is 0.257 e. The molecule has 8 amide bonds. The van der Waals surface area contributed by atoms with Gasteiger partial charge in [0.25, 0.3) is 17.4 Å². The number of amides is 8. The zero-order chi connectivity index (χ0) is 53.4. The van der Waals surface area contributed by atoms with Gasteiger partial charge >= 0.3 is 0 Å². The van der Waals surface area contributed by atoms with Gasteiger partial charge in [-0.2, -0.15) is 0 Å². The second-order valence-electron chi connectivity index (χ2n) is 19.0. The Labute approximate surface area is 430 Å². The SMILES string of the molecule is CC[C@@]1(O)COCc2c1cc1n(c2=O)Cc2c-1nc1cc(F)c(C)c3c1c2[C@@H](NC(=O)COCCNC(=O)CNC(=O)[C@H](Cc1ccccc1)NC(=O)CNC(=O)CNC(=O)CCCCCN1C(=O)C=CC1=O)CC3. The fourth-order valence-electron chi connectivity index (χ4n) is 9.95. The van der Waals surface area contributed by atoms with Crippen LogP contribution >= 0.6 is 0 Å². The van der Waals surface area contributed by atoms with Gasteiger partial charge in [0.05, 0.1) is 68.9 Å². The number of halogens is 1. The predicted molar refractivity (Wildman–Crippen MR) is 268 cm³/mol. The largest absolute Gasteiger partial charge is 0.383 e. The van der Waals surface area contributed by atoms with E-state index in [1.54, 1.807) is 47.9 Å². The highest BCUT2D eigenvalue weighted by Gasteiger charge is 2.40. The highest BCUT2D eigenvalue weighted by Crippen LogP contribution is 2.45. The summed E-state index contributed by atoms with van der Waals surface area (Å²) in [7, 11) is 0. The maximum Gasteiger partial charge on any atom is 0.257 e. The van der Waals surface area contributed by atoms with Crippen molar-refractivity contribution in [3.63, 3.8) is 0 Å². The van der Waals surface area contributed by atoms with Crippen molar-refractivity contribution < 1.29 is 57.3 Å². The van der Waals surface area contributed by atoms with Crippen molar-refractivity contribution in [2.24, 2.45) is 0 Å². The first kappa shape index (κ1) is 53.6. The number of hydrogen-bond acceptors (Lipinski definition) is 13. The van der Waals surface area contributed by atoms with Crippen molar-refractivity contribution in [3.05, 3.63) is 110 Å². The molecule has 0 unspecified atom stereocenters. The molecule has 2 aromatic carbocycles. The topological polar surface area (TPSA) is 286 Å². The minimum absolute atomic E-state index is 0.00900. The quantitative estimate of drug-likeness (QED) is 0.0353. The molecule has 4 aliphatic rings. The van der Waals surface area contributed by atoms with E-state index >= 15 is 4.39 Å². The molecule has 2 aromatic heterocycles. The number of carbonyl (C=O) groups excluding carboxylic acids is 8. The van der Waals surface area contributed by atoms with Crippen LogP contribution in [-0.4, -0.2) is 125 Å². The maximum absolute atomic E-state index is 15.4. The highest BCUT2D eigenvalue weighted by atomic mass is 19.1. The second-order valence-corrected chi connectivity index (χ2v) is 19.0. The van der Waals surface area contributed by atoms with Crippen LogP contribution in [0.2, 0.25) is 0 Å². The summed E-state index contributed by atoms with van der Waals surface area (Å²) in [6.07, 6.45) is 5.40. The lowest BCUT2D eigenvalue weighted by Gasteiger charge is -2.33. The van der Waals surface area contributed by atoms with Crippen LogP contribution in [0.1, 0.15) is 90.4 Å². The second kappa shape index (κ2) is 23.7. The van der Waals surface area contributed by atoms with Gasteiger partial charge in [-0.05, 0) is 72.9 Å². The number of nitrogens with one attached hydrogen (secondary N) is 6. The number of aromatic nitrogens is 2. The van der Waals surface area contributed by atoms with E-state index < -0.39 is 72.0 Å². The minimum atomic E-state index is -1.36. The number of rotatable bonds is 23. The van der Waals surface area contributed by atoms with Gasteiger partial charge in [0, 0.05) is 60.7 Å². The molecule has 8 rings (SSSR count). The summed E-state index contributed by atoms with van der Waals surface area (Å²) in [4.78, 5) is 120. The summed E-state index contributed by atoms with van der Waals surface area (Å²) in [5.41, 5.74) is 4.01. The first-order chi connectivity index (χ1) is 36.0. The van der Waals surface area contributed by atoms with Crippen molar-refractivity contribution in [2.45, 2.75) is 96.1 Å². The number of aliphatic hydroxyl groups is 1. The molecule has 21 nitrogen and oxygen atoms in total. The van der Waals surface area contributed by atoms with Crippen LogP contribution in [0, 0.1) is 12.7 Å². The normalized spacial score (nSPS) is 17.4. The average molecular weight is 1030 g/mol. The van der Waals surface area contributed by atoms with Gasteiger partial charge < -0.3 is 51.0 Å². The molecule has 3 aliphatic heterocycles. The van der Waals surface area contributed by atoms with E-state index in [0.29, 0.717) is 77.7 Å². The Kier molecular flexibility index (Phi) is 16.9. The molecule has 0 fully saturated rings. The summed E-state index contributed by atoms with van der Waals surface area (Å²) < 4.78 is 28.2. The van der Waals surface area contributed by atoms with Crippen LogP contribution in [0.5, 0.6) is 0 Å². The van der Waals surface area contributed by atoms with Gasteiger partial charge in [0.1, 0.15) is 24.1 Å². The van der Waals surface area contributed by atoms with Crippen LogP contribution in [0.25, 0.3) is 22.3 Å². The van der Waals surface area contributed by atoms with E-state index in [2.05, 4.69) is 31.9 Å². The third kappa shape index (κ3) is 12.3. The molecule has 75 heavy (non-hydrogen) atoms. The number of pyridine rings is 2. The van der Waals surface area contributed by atoms with E-state index in [9.17, 15) is 48.3 Å². The molecule has 0 saturated heterocycles. The van der Waals surface area contributed by atoms with Gasteiger partial charge in [-0.15, -0.1) is 0 Å². The van der Waals surface area contributed by atoms with E-state index in [1.807, 2.05) is 6.92 Å². The molecule has 0 bridgehead atoms. The zero-order valence-corrected chi connectivity index (χ0v) is 41.7. The molecule has 4 aromatic rings. The van der Waals surface area contributed by atoms with E-state index in [1.165, 1.54) is 18.2 Å². The van der Waals surface area contributed by atoms with Gasteiger partial charge in [0.2, 0.25) is 35.4 Å². The van der Waals surface area contributed by atoms with Crippen molar-refractivity contribution in [1.29, 1.82) is 0 Å². The molecule has 5 heterocycles. The van der Waals surface area contributed by atoms with E-state index in [4.69, 9.17) is 14.5 Å². The molecule has 3 atom stereocenters. The molecular weight excluding hydrogens is 974 g/mol. The molecular formula is C53H60FN9O12. The Hall–Kier alpha value is -7.69. The van der Waals surface area contributed by atoms with E-state index in [0.717, 1.165) is 27.0 Å². The lowest BCUT2D eigenvalue weighted by atomic mass is 9.81. The molecule has 1 aliphatic carbocycles. The van der Waals surface area contributed by atoms with Gasteiger partial charge in [-0.25, -0.2) is 9.37 Å². The molecule has 0 saturated carbocycles. The molecule has 396 valence electrons. The monoisotopic (exact) mass is 1030 g/mol. The fraction of sp³-hybridized carbons (Fsp3) is 0.434. The molecule has 0 radical (unpaired) electrons. The summed E-state index contributed by atoms with van der Waals surface area (Å²) in [6, 6.07) is 10.3. The molecule has 7 N–H and O–H groups in total. The molecule has 22 heteroatoms. The Balaban J connectivity index is 0.781. The summed E-state index contributed by atoms with van der Waals surface area (Å²) in [6.45, 7) is 2.26. The van der Waals surface area contributed by atoms with Crippen LogP contribution in [0.3, 0.4) is 0 Å². The number of fused-ring (bicyclic) bond motifs is 5. The summed E-state index contributed by atoms with van der Waals surface area (Å²) >= 11 is 0. The first-order valence-electron chi connectivity index (χ1n) is 25.1. The predicted octanol–water partition coefficient (Wildman–Crippen LogP) is 0.798. The van der Waals surface area contributed by atoms with Crippen LogP contribution in [-0.2, 0) is 79.4 Å². The van der Waals surface area contributed by atoms with Gasteiger partial charge in [-0.1, -0.05) is 43.7 Å². The van der Waals surface area contributed by atoms with Gasteiger partial charge in [-0.3, -0.25) is 48.1 Å². The maximum atomic E-state index is 15.4. The lowest BCUT2D eigenvalue weighted by Crippen LogP contribution is -2.52. The van der Waals surface area contributed by atoms with Crippen LogP contribution in [0.15, 0.2) is 59.4 Å². The first-order valence-corrected chi connectivity index (χ1v) is 25.1. The standard InChI is InChI=1S/C53H60FN9O12/c1-3-53(73)29-75-27-34-35(53)21-40-50-33(26-63(40)52(34)72)49-37(14-13-32-30(2)36(54)22-38(61-50)48(32)49)59-45(68)28-74-19-17-55-42(65)24-58-51(71)39(20-31-10-6-4-7-11-31)60-44(67)25-57-43(66)23-56-41(64)12-8-5-9-18-62-46(69)15-16-47(62)70/h4,6-7,10-11,15-16,21-22,37,39,73H,3,5,8-9,12-14,17-20,23-29H2,1-2H3,(H,55,65)(H,56,64)(H,57,66)(H,58,71)(H,59,68)(H,60,67)/t37-,39-,53+/m0/s1. The number of aryl methyl sites for hydroxylation is 1. The number of nitrogens with zero attached hydrogens (tertiary/aromatic N) is 3. The van der Waals surface area contributed by atoms with Gasteiger partial charge in [0.15, 0.2) is 0 Å². The number of hydrogen-bond donors (Lipinski definition) is 7. The van der Waals surface area contributed by atoms with E-state index in [-0.39, 0.29) is 82.8 Å². The van der Waals surface area contributed by atoms with Crippen molar-refractivity contribution in [1.82, 2.24) is 46.4 Å². The molecule has 0 spiro atoms. The number of imide groups is 1. The fourth-order valence-corrected chi connectivity index (χ4v) is 9.95. The number of ether oxygens (including phenoxy) is 2. The third-order valence-corrected chi connectivity index (χ3v) is 14.0. The Morgan fingerprint density at radius 1 is 0.880 bits per heavy atom. The Morgan fingerprint density at radius 2 is 1.60 bits per heavy atom. The van der Waals surface area contributed by atoms with Crippen molar-refractivity contribution in [2.75, 3.05) is 52.5 Å². The zero-order valence-electron chi connectivity index (χ0n) is 41.7. The minimum Gasteiger partial charge on any atom is -0.383 e. The Morgan fingerprint density at radius 3 is 2.36 bits per heavy atom. The summed E-state index contributed by atoms with van der Waals surface area (Å²) in [5, 5.41) is 27.8. The van der Waals surface area contributed by atoms with Crippen LogP contribution in [0.4, 0.5) is 4.39 Å². The third-order valence-electron chi connectivity index (χ3n) is 14.0. The number of benzene rings is 2. The Bertz CT molecular complexity index is 3020. The van der Waals surface area contributed by atoms with Crippen molar-refractivity contribution in [3.8, 4) is 11.4 Å². The lowest BCUT2D eigenvalue weighted by molar-refractivity contribution is -0.137.